The summed E-state index contributed by atoms with van der Waals surface area (Å²) in [4.78, 5) is 0. The summed E-state index contributed by atoms with van der Waals surface area (Å²) in [6, 6.07) is 6.91. The molecule has 2 aromatic carbocycles. The number of ether oxygens (including phenoxy) is 2. The number of rotatable bonds is 8. The molecule has 0 amide bonds. The molecule has 0 radical (unpaired) electrons. The molecule has 0 aliphatic heterocycles. The first kappa shape index (κ1) is 22.0. The van der Waals surface area contributed by atoms with E-state index in [1.165, 1.54) is 12.1 Å². The first-order valence-electron chi connectivity index (χ1n) is 8.30. The van der Waals surface area contributed by atoms with E-state index in [1.54, 1.807) is 6.07 Å². The van der Waals surface area contributed by atoms with E-state index in [1.807, 2.05) is 6.92 Å². The van der Waals surface area contributed by atoms with Gasteiger partial charge in [-0.15, -0.1) is 13.2 Å². The Labute approximate surface area is 156 Å². The second kappa shape index (κ2) is 8.81. The van der Waals surface area contributed by atoms with Crippen LogP contribution in [0.5, 0.6) is 5.75 Å². The fourth-order valence-electron chi connectivity index (χ4n) is 2.43. The van der Waals surface area contributed by atoms with Crippen molar-refractivity contribution in [2.75, 3.05) is 0 Å². The van der Waals surface area contributed by atoms with Crippen LogP contribution in [0.2, 0.25) is 0 Å². The molecule has 28 heavy (non-hydrogen) atoms. The van der Waals surface area contributed by atoms with Gasteiger partial charge >= 0.3 is 12.5 Å². The lowest BCUT2D eigenvalue weighted by molar-refractivity contribution is -0.282. The largest absolute Gasteiger partial charge is 0.573 e. The molecular formula is C19H17F7O2. The maximum absolute atomic E-state index is 14.1. The maximum atomic E-state index is 14.1. The molecule has 0 aliphatic rings. The van der Waals surface area contributed by atoms with Gasteiger partial charge in [0, 0.05) is 5.56 Å². The van der Waals surface area contributed by atoms with Crippen LogP contribution in [0.1, 0.15) is 36.2 Å². The van der Waals surface area contributed by atoms with Gasteiger partial charge in [0.25, 0.3) is 0 Å². The van der Waals surface area contributed by atoms with Crippen molar-refractivity contribution in [2.45, 2.75) is 45.0 Å². The standard InChI is InChI=1S/C19H17F7O2/c1-2-3-12-4-5-14(16(20)10-12)11-27-18(22,23)17(21)13-6-8-15(9-7-13)28-19(24,25)26/h4-10,17H,2-3,11H2,1H3. The van der Waals surface area contributed by atoms with Gasteiger partial charge in [0.05, 0.1) is 6.61 Å². The van der Waals surface area contributed by atoms with Gasteiger partial charge in [0.15, 0.2) is 0 Å². The van der Waals surface area contributed by atoms with Crippen LogP contribution < -0.4 is 4.74 Å². The smallest absolute Gasteiger partial charge is 0.406 e. The Hall–Kier alpha value is -2.29. The number of hydrogen-bond donors (Lipinski definition) is 0. The molecule has 0 spiro atoms. The van der Waals surface area contributed by atoms with Gasteiger partial charge in [0.2, 0.25) is 6.17 Å². The zero-order chi connectivity index (χ0) is 20.9. The van der Waals surface area contributed by atoms with Crippen LogP contribution in [0.3, 0.4) is 0 Å². The van der Waals surface area contributed by atoms with Crippen LogP contribution >= 0.6 is 0 Å². The molecule has 0 aliphatic carbocycles. The molecule has 0 bridgehead atoms. The van der Waals surface area contributed by atoms with Crippen molar-refractivity contribution in [1.82, 2.24) is 0 Å². The summed E-state index contributed by atoms with van der Waals surface area (Å²) in [6.07, 6.45) is -10.8. The molecule has 0 N–H and O–H groups in total. The third-order valence-corrected chi connectivity index (χ3v) is 3.78. The fraction of sp³-hybridized carbons (Fsp3) is 0.368. The van der Waals surface area contributed by atoms with Gasteiger partial charge in [0.1, 0.15) is 11.6 Å². The molecule has 154 valence electrons. The van der Waals surface area contributed by atoms with Crippen LogP contribution in [0.25, 0.3) is 0 Å². The lowest BCUT2D eigenvalue weighted by Crippen LogP contribution is -2.27. The average molecular weight is 410 g/mol. The molecule has 0 fully saturated rings. The molecule has 1 unspecified atom stereocenters. The minimum absolute atomic E-state index is 0.166. The summed E-state index contributed by atoms with van der Waals surface area (Å²) in [5, 5.41) is 0. The minimum Gasteiger partial charge on any atom is -0.406 e. The minimum atomic E-state index is -4.96. The van der Waals surface area contributed by atoms with E-state index in [2.05, 4.69) is 9.47 Å². The molecule has 2 rings (SSSR count). The van der Waals surface area contributed by atoms with Crippen molar-refractivity contribution in [3.63, 3.8) is 0 Å². The summed E-state index contributed by atoms with van der Waals surface area (Å²) < 4.78 is 100. The second-order valence-corrected chi connectivity index (χ2v) is 6.01. The monoisotopic (exact) mass is 410 g/mol. The molecule has 0 aromatic heterocycles. The van der Waals surface area contributed by atoms with E-state index in [0.29, 0.717) is 24.1 Å². The number of benzene rings is 2. The van der Waals surface area contributed by atoms with Crippen molar-refractivity contribution in [3.8, 4) is 5.75 Å². The summed E-state index contributed by atoms with van der Waals surface area (Å²) >= 11 is 0. The zero-order valence-corrected chi connectivity index (χ0v) is 14.7. The Morgan fingerprint density at radius 2 is 1.61 bits per heavy atom. The van der Waals surface area contributed by atoms with E-state index in [-0.39, 0.29) is 5.56 Å². The first-order chi connectivity index (χ1) is 13.0. The van der Waals surface area contributed by atoms with Gasteiger partial charge in [-0.25, -0.2) is 8.78 Å². The molecule has 0 heterocycles. The van der Waals surface area contributed by atoms with Crippen LogP contribution in [-0.4, -0.2) is 12.5 Å². The summed E-state index contributed by atoms with van der Waals surface area (Å²) in [5.41, 5.74) is -0.0843. The average Bonchev–Trinajstić information content (AvgIpc) is 2.60. The number of hydrogen-bond acceptors (Lipinski definition) is 2. The second-order valence-electron chi connectivity index (χ2n) is 6.01. The van der Waals surface area contributed by atoms with Crippen LogP contribution in [0.15, 0.2) is 42.5 Å². The highest BCUT2D eigenvalue weighted by molar-refractivity contribution is 5.29. The first-order valence-corrected chi connectivity index (χ1v) is 8.30. The summed E-state index contributed by atoms with van der Waals surface area (Å²) in [5.74, 6) is -1.42. The summed E-state index contributed by atoms with van der Waals surface area (Å²) in [7, 11) is 0. The lowest BCUT2D eigenvalue weighted by Gasteiger charge is -2.21. The topological polar surface area (TPSA) is 18.5 Å². The zero-order valence-electron chi connectivity index (χ0n) is 14.7. The highest BCUT2D eigenvalue weighted by Crippen LogP contribution is 2.37. The van der Waals surface area contributed by atoms with Crippen molar-refractivity contribution < 1.29 is 40.2 Å². The van der Waals surface area contributed by atoms with Gasteiger partial charge < -0.3 is 9.47 Å². The van der Waals surface area contributed by atoms with Gasteiger partial charge in [-0.05, 0) is 35.7 Å². The third kappa shape index (κ3) is 6.12. The van der Waals surface area contributed by atoms with Gasteiger partial charge in [-0.2, -0.15) is 8.78 Å². The highest BCUT2D eigenvalue weighted by atomic mass is 19.4. The predicted molar refractivity (Wildman–Crippen MR) is 87.1 cm³/mol. The van der Waals surface area contributed by atoms with E-state index >= 15 is 0 Å². The Bertz CT molecular complexity index is 773. The van der Waals surface area contributed by atoms with Gasteiger partial charge in [-0.3, -0.25) is 0 Å². The van der Waals surface area contributed by atoms with E-state index in [0.717, 1.165) is 18.6 Å². The number of halogens is 7. The maximum Gasteiger partial charge on any atom is 0.573 e. The molecule has 0 saturated heterocycles. The van der Waals surface area contributed by atoms with Crippen LogP contribution in [0.4, 0.5) is 30.7 Å². The highest BCUT2D eigenvalue weighted by Gasteiger charge is 2.43. The molecule has 2 aromatic rings. The summed E-state index contributed by atoms with van der Waals surface area (Å²) in [6.45, 7) is 1.03. The SMILES string of the molecule is CCCc1ccc(COC(F)(F)C(F)c2ccc(OC(F)(F)F)cc2)c(F)c1. The lowest BCUT2D eigenvalue weighted by atomic mass is 10.1. The van der Waals surface area contributed by atoms with Gasteiger partial charge in [-0.1, -0.05) is 37.6 Å². The van der Waals surface area contributed by atoms with E-state index in [4.69, 9.17) is 0 Å². The Kier molecular flexibility index (Phi) is 6.92. The Balaban J connectivity index is 2.03. The number of alkyl halides is 6. The van der Waals surface area contributed by atoms with Crippen molar-refractivity contribution in [1.29, 1.82) is 0 Å². The Morgan fingerprint density at radius 1 is 0.964 bits per heavy atom. The van der Waals surface area contributed by atoms with Crippen LogP contribution in [0, 0.1) is 5.82 Å². The number of aryl methyl sites for hydroxylation is 1. The molecule has 9 heteroatoms. The van der Waals surface area contributed by atoms with E-state index < -0.39 is 42.4 Å². The normalized spacial score (nSPS) is 13.4. The van der Waals surface area contributed by atoms with E-state index in [9.17, 15) is 30.7 Å². The molecular weight excluding hydrogens is 393 g/mol. The quantitative estimate of drug-likeness (QED) is 0.463. The van der Waals surface area contributed by atoms with Crippen molar-refractivity contribution >= 4 is 0 Å². The Morgan fingerprint density at radius 3 is 2.14 bits per heavy atom. The third-order valence-electron chi connectivity index (χ3n) is 3.78. The van der Waals surface area contributed by atoms with Crippen molar-refractivity contribution in [3.05, 3.63) is 65.0 Å². The fourth-order valence-corrected chi connectivity index (χ4v) is 2.43. The molecule has 2 nitrogen and oxygen atoms in total. The molecule has 1 atom stereocenters. The van der Waals surface area contributed by atoms with Crippen LogP contribution in [-0.2, 0) is 17.8 Å². The van der Waals surface area contributed by atoms with Crippen molar-refractivity contribution in [2.24, 2.45) is 0 Å². The molecule has 0 saturated carbocycles. The predicted octanol–water partition coefficient (Wildman–Crippen LogP) is 6.50.